The first-order valence-electron chi connectivity index (χ1n) is 6.55. The number of benzene rings is 1. The number of phenolic OH excluding ortho intramolecular Hbond substituents is 1. The molecule has 1 saturated heterocycles. The highest BCUT2D eigenvalue weighted by molar-refractivity contribution is 5.41. The van der Waals surface area contributed by atoms with Crippen molar-refractivity contribution in [2.45, 2.75) is 32.4 Å². The standard InChI is InChI=1S/C14H21NO3/c1-2-18-14-8-11(5-6-13(14)16)9-15-12-4-3-7-17-10-12/h5-6,8,12,15-16H,2-4,7,9-10H2,1H3. The lowest BCUT2D eigenvalue weighted by molar-refractivity contribution is 0.0699. The highest BCUT2D eigenvalue weighted by Gasteiger charge is 2.13. The van der Waals surface area contributed by atoms with Crippen LogP contribution >= 0.6 is 0 Å². The van der Waals surface area contributed by atoms with Crippen LogP contribution in [-0.4, -0.2) is 31.0 Å². The summed E-state index contributed by atoms with van der Waals surface area (Å²) in [5, 5.41) is 13.1. The largest absolute Gasteiger partial charge is 0.504 e. The fourth-order valence-electron chi connectivity index (χ4n) is 2.10. The topological polar surface area (TPSA) is 50.7 Å². The Balaban J connectivity index is 1.90. The maximum absolute atomic E-state index is 9.62. The van der Waals surface area contributed by atoms with Gasteiger partial charge in [0.15, 0.2) is 11.5 Å². The van der Waals surface area contributed by atoms with E-state index in [9.17, 15) is 5.11 Å². The highest BCUT2D eigenvalue weighted by atomic mass is 16.5. The second-order valence-corrected chi connectivity index (χ2v) is 4.53. The summed E-state index contributed by atoms with van der Waals surface area (Å²) in [7, 11) is 0. The van der Waals surface area contributed by atoms with E-state index in [1.807, 2.05) is 19.1 Å². The average Bonchev–Trinajstić information content (AvgIpc) is 2.41. The van der Waals surface area contributed by atoms with Crippen molar-refractivity contribution in [2.24, 2.45) is 0 Å². The van der Waals surface area contributed by atoms with Crippen molar-refractivity contribution >= 4 is 0 Å². The van der Waals surface area contributed by atoms with E-state index in [0.29, 0.717) is 18.4 Å². The predicted molar refractivity (Wildman–Crippen MR) is 70.0 cm³/mol. The molecule has 1 aromatic rings. The molecular formula is C14H21NO3. The molecule has 0 spiro atoms. The van der Waals surface area contributed by atoms with Gasteiger partial charge in [-0.05, 0) is 37.5 Å². The van der Waals surface area contributed by atoms with Gasteiger partial charge in [-0.25, -0.2) is 0 Å². The molecule has 0 aliphatic carbocycles. The van der Waals surface area contributed by atoms with E-state index in [-0.39, 0.29) is 5.75 Å². The summed E-state index contributed by atoms with van der Waals surface area (Å²) >= 11 is 0. The van der Waals surface area contributed by atoms with Gasteiger partial charge in [0.1, 0.15) is 0 Å². The van der Waals surface area contributed by atoms with Crippen LogP contribution in [0.15, 0.2) is 18.2 Å². The molecular weight excluding hydrogens is 230 g/mol. The summed E-state index contributed by atoms with van der Waals surface area (Å²) in [6, 6.07) is 5.91. The minimum Gasteiger partial charge on any atom is -0.504 e. The number of hydrogen-bond acceptors (Lipinski definition) is 4. The number of phenols is 1. The molecule has 100 valence electrons. The van der Waals surface area contributed by atoms with E-state index in [0.717, 1.165) is 38.2 Å². The van der Waals surface area contributed by atoms with Crippen LogP contribution in [0.25, 0.3) is 0 Å². The predicted octanol–water partition coefficient (Wildman–Crippen LogP) is 2.06. The Labute approximate surface area is 108 Å². The van der Waals surface area contributed by atoms with Crippen LogP contribution in [0.3, 0.4) is 0 Å². The molecule has 4 heteroatoms. The molecule has 1 aromatic carbocycles. The Hall–Kier alpha value is -1.26. The van der Waals surface area contributed by atoms with Crippen LogP contribution < -0.4 is 10.1 Å². The van der Waals surface area contributed by atoms with E-state index < -0.39 is 0 Å². The van der Waals surface area contributed by atoms with Gasteiger partial charge < -0.3 is 19.9 Å². The zero-order valence-corrected chi connectivity index (χ0v) is 10.8. The van der Waals surface area contributed by atoms with Gasteiger partial charge in [0.05, 0.1) is 13.2 Å². The molecule has 1 aliphatic rings. The van der Waals surface area contributed by atoms with Crippen LogP contribution in [0.4, 0.5) is 0 Å². The normalized spacial score (nSPS) is 19.7. The van der Waals surface area contributed by atoms with E-state index in [1.165, 1.54) is 0 Å². The fraction of sp³-hybridized carbons (Fsp3) is 0.571. The Morgan fingerprint density at radius 2 is 2.39 bits per heavy atom. The molecule has 0 aromatic heterocycles. The van der Waals surface area contributed by atoms with Gasteiger partial charge in [-0.15, -0.1) is 0 Å². The summed E-state index contributed by atoms with van der Waals surface area (Å²) in [4.78, 5) is 0. The molecule has 1 heterocycles. The molecule has 1 unspecified atom stereocenters. The lowest BCUT2D eigenvalue weighted by Crippen LogP contribution is -2.36. The SMILES string of the molecule is CCOc1cc(CNC2CCCOC2)ccc1O. The summed E-state index contributed by atoms with van der Waals surface area (Å²) in [6.45, 7) is 4.90. The molecule has 0 saturated carbocycles. The van der Waals surface area contributed by atoms with Gasteiger partial charge in [0, 0.05) is 19.2 Å². The quantitative estimate of drug-likeness (QED) is 0.841. The Morgan fingerprint density at radius 3 is 3.11 bits per heavy atom. The van der Waals surface area contributed by atoms with E-state index >= 15 is 0 Å². The van der Waals surface area contributed by atoms with Gasteiger partial charge >= 0.3 is 0 Å². The van der Waals surface area contributed by atoms with Crippen molar-refractivity contribution in [3.63, 3.8) is 0 Å². The Bertz CT molecular complexity index is 375. The van der Waals surface area contributed by atoms with E-state index in [4.69, 9.17) is 9.47 Å². The second-order valence-electron chi connectivity index (χ2n) is 4.53. The van der Waals surface area contributed by atoms with Gasteiger partial charge in [-0.2, -0.15) is 0 Å². The van der Waals surface area contributed by atoms with E-state index in [1.54, 1.807) is 6.07 Å². The number of ether oxygens (including phenoxy) is 2. The van der Waals surface area contributed by atoms with Crippen molar-refractivity contribution in [3.8, 4) is 11.5 Å². The molecule has 18 heavy (non-hydrogen) atoms. The van der Waals surface area contributed by atoms with Crippen molar-refractivity contribution in [2.75, 3.05) is 19.8 Å². The average molecular weight is 251 g/mol. The Kier molecular flexibility index (Phi) is 4.84. The van der Waals surface area contributed by atoms with E-state index in [2.05, 4.69) is 5.32 Å². The van der Waals surface area contributed by atoms with Crippen molar-refractivity contribution in [1.29, 1.82) is 0 Å². The summed E-state index contributed by atoms with van der Waals surface area (Å²) < 4.78 is 10.8. The summed E-state index contributed by atoms with van der Waals surface area (Å²) in [5.74, 6) is 0.748. The minimum atomic E-state index is 0.196. The molecule has 2 rings (SSSR count). The number of aromatic hydroxyl groups is 1. The Morgan fingerprint density at radius 1 is 1.50 bits per heavy atom. The van der Waals surface area contributed by atoms with Crippen molar-refractivity contribution in [1.82, 2.24) is 5.32 Å². The van der Waals surface area contributed by atoms with Crippen LogP contribution in [0.5, 0.6) is 11.5 Å². The van der Waals surface area contributed by atoms with Gasteiger partial charge in [0.2, 0.25) is 0 Å². The van der Waals surface area contributed by atoms with Gasteiger partial charge in [0.25, 0.3) is 0 Å². The van der Waals surface area contributed by atoms with Gasteiger partial charge in [-0.1, -0.05) is 6.07 Å². The fourth-order valence-corrected chi connectivity index (χ4v) is 2.10. The van der Waals surface area contributed by atoms with Crippen LogP contribution in [-0.2, 0) is 11.3 Å². The lowest BCUT2D eigenvalue weighted by Gasteiger charge is -2.23. The number of nitrogens with one attached hydrogen (secondary N) is 1. The smallest absolute Gasteiger partial charge is 0.161 e. The molecule has 0 amide bonds. The summed E-state index contributed by atoms with van der Waals surface area (Å²) in [6.07, 6.45) is 2.29. The molecule has 0 radical (unpaired) electrons. The first-order valence-corrected chi connectivity index (χ1v) is 6.55. The van der Waals surface area contributed by atoms with Gasteiger partial charge in [-0.3, -0.25) is 0 Å². The summed E-state index contributed by atoms with van der Waals surface area (Å²) in [5.41, 5.74) is 1.11. The first kappa shape index (κ1) is 13.2. The molecule has 4 nitrogen and oxygen atoms in total. The minimum absolute atomic E-state index is 0.196. The molecule has 1 aliphatic heterocycles. The van der Waals surface area contributed by atoms with Crippen LogP contribution in [0.2, 0.25) is 0 Å². The third-order valence-electron chi connectivity index (χ3n) is 3.08. The van der Waals surface area contributed by atoms with Crippen molar-refractivity contribution in [3.05, 3.63) is 23.8 Å². The molecule has 0 bridgehead atoms. The van der Waals surface area contributed by atoms with Crippen molar-refractivity contribution < 1.29 is 14.6 Å². The molecule has 2 N–H and O–H groups in total. The zero-order chi connectivity index (χ0) is 12.8. The maximum atomic E-state index is 9.62. The third-order valence-corrected chi connectivity index (χ3v) is 3.08. The lowest BCUT2D eigenvalue weighted by atomic mass is 10.1. The maximum Gasteiger partial charge on any atom is 0.161 e. The van der Waals surface area contributed by atoms with Crippen LogP contribution in [0.1, 0.15) is 25.3 Å². The molecule has 1 fully saturated rings. The number of hydrogen-bond donors (Lipinski definition) is 2. The molecule has 1 atom stereocenters. The third kappa shape index (κ3) is 3.62. The monoisotopic (exact) mass is 251 g/mol. The zero-order valence-electron chi connectivity index (χ0n) is 10.8. The number of rotatable bonds is 5. The highest BCUT2D eigenvalue weighted by Crippen LogP contribution is 2.26. The second kappa shape index (κ2) is 6.61. The first-order chi connectivity index (χ1) is 8.79. The van der Waals surface area contributed by atoms with Crippen LogP contribution in [0, 0.1) is 0 Å².